The van der Waals surface area contributed by atoms with Crippen LogP contribution in [0.4, 0.5) is 0 Å². The molecule has 4 aliphatic rings. The van der Waals surface area contributed by atoms with E-state index in [0.717, 1.165) is 0 Å². The van der Waals surface area contributed by atoms with Gasteiger partial charge in [0.2, 0.25) is 11.4 Å². The first-order chi connectivity index (χ1) is 8.88. The molecule has 6 nitrogen and oxygen atoms in total. The van der Waals surface area contributed by atoms with Gasteiger partial charge in [-0.25, -0.2) is 0 Å². The third-order valence-electron chi connectivity index (χ3n) is 5.43. The minimum absolute atomic E-state index is 0.212. The normalized spacial score (nSPS) is 60.0. The third-order valence-corrected chi connectivity index (χ3v) is 5.43. The second kappa shape index (κ2) is 3.16. The number of rotatable bonds is 2. The van der Waals surface area contributed by atoms with Crippen molar-refractivity contribution in [1.82, 2.24) is 0 Å². The average Bonchev–Trinajstić information content (AvgIpc) is 2.46. The van der Waals surface area contributed by atoms with Crippen molar-refractivity contribution >= 4 is 11.6 Å². The molecule has 4 aliphatic heterocycles. The first kappa shape index (κ1) is 14.1. The number of hydrogen-bond acceptors (Lipinski definition) is 6. The molecule has 0 amide bonds. The van der Waals surface area contributed by atoms with Crippen LogP contribution in [0.5, 0.6) is 0 Å². The van der Waals surface area contributed by atoms with E-state index >= 15 is 0 Å². The summed E-state index contributed by atoms with van der Waals surface area (Å²) in [5.41, 5.74) is -4.55. The molecule has 4 heterocycles. The van der Waals surface area contributed by atoms with Crippen LogP contribution in [0, 0.1) is 5.92 Å². The predicted octanol–water partition coefficient (Wildman–Crippen LogP) is 0.552. The first-order valence-electron chi connectivity index (χ1n) is 6.72. The van der Waals surface area contributed by atoms with Crippen molar-refractivity contribution in [3.8, 4) is 0 Å². The van der Waals surface area contributed by atoms with E-state index < -0.39 is 34.3 Å². The van der Waals surface area contributed by atoms with E-state index in [1.165, 1.54) is 20.8 Å². The van der Waals surface area contributed by atoms with Crippen molar-refractivity contribution in [3.05, 3.63) is 0 Å². The molecule has 4 rings (SSSR count). The summed E-state index contributed by atoms with van der Waals surface area (Å²) in [4.78, 5) is 24.3. The number of aliphatic hydroxyl groups is 1. The van der Waals surface area contributed by atoms with Crippen LogP contribution in [0.15, 0.2) is 0 Å². The lowest BCUT2D eigenvalue weighted by Gasteiger charge is -2.54. The van der Waals surface area contributed by atoms with Crippen molar-refractivity contribution in [2.24, 2.45) is 5.92 Å². The molecular formula is C14H20O6. The van der Waals surface area contributed by atoms with Crippen LogP contribution in [0.2, 0.25) is 0 Å². The van der Waals surface area contributed by atoms with Crippen LogP contribution >= 0.6 is 0 Å². The van der Waals surface area contributed by atoms with Crippen LogP contribution < -0.4 is 0 Å². The summed E-state index contributed by atoms with van der Waals surface area (Å²) < 4.78 is 17.6. The Kier molecular flexibility index (Phi) is 2.24. The quantitative estimate of drug-likeness (QED) is 0.797. The molecule has 6 heteroatoms. The SMILES string of the molecule is CC(=O)[C@@H]1[C@@]2(C)O[C@@]3(C)O[C@]1(C)[C@](C)(O)[C@@]3(C(C)=O)O2. The van der Waals surface area contributed by atoms with E-state index in [4.69, 9.17) is 14.2 Å². The highest BCUT2D eigenvalue weighted by Crippen LogP contribution is 2.70. The fourth-order valence-corrected chi connectivity index (χ4v) is 4.81. The molecule has 0 aliphatic carbocycles. The summed E-state index contributed by atoms with van der Waals surface area (Å²) in [5.74, 6) is -4.08. The van der Waals surface area contributed by atoms with Gasteiger partial charge < -0.3 is 19.3 Å². The molecule has 4 saturated heterocycles. The minimum Gasteiger partial charge on any atom is -0.383 e. The topological polar surface area (TPSA) is 82.1 Å². The van der Waals surface area contributed by atoms with Gasteiger partial charge in [-0.2, -0.15) is 0 Å². The van der Waals surface area contributed by atoms with E-state index in [1.54, 1.807) is 20.8 Å². The smallest absolute Gasteiger partial charge is 0.213 e. The maximum Gasteiger partial charge on any atom is 0.213 e. The lowest BCUT2D eigenvalue weighted by atomic mass is 9.62. The van der Waals surface area contributed by atoms with Crippen molar-refractivity contribution < 1.29 is 28.9 Å². The van der Waals surface area contributed by atoms with E-state index in [-0.39, 0.29) is 11.6 Å². The molecule has 0 aromatic carbocycles. The molecule has 1 N–H and O–H groups in total. The summed E-state index contributed by atoms with van der Waals surface area (Å²) in [7, 11) is 0. The Labute approximate surface area is 117 Å². The number of carbonyl (C=O) groups excluding carboxylic acids is 2. The van der Waals surface area contributed by atoms with E-state index in [0.29, 0.717) is 0 Å². The predicted molar refractivity (Wildman–Crippen MR) is 66.7 cm³/mol. The van der Waals surface area contributed by atoms with Crippen molar-refractivity contribution in [3.63, 3.8) is 0 Å². The molecule has 6 atom stereocenters. The minimum atomic E-state index is -1.67. The number of carbonyl (C=O) groups is 2. The second-order valence-corrected chi connectivity index (χ2v) is 6.73. The Morgan fingerprint density at radius 3 is 1.95 bits per heavy atom. The van der Waals surface area contributed by atoms with Gasteiger partial charge in [0.1, 0.15) is 22.9 Å². The van der Waals surface area contributed by atoms with Gasteiger partial charge in [0.15, 0.2) is 11.6 Å². The average molecular weight is 284 g/mol. The Morgan fingerprint density at radius 2 is 1.55 bits per heavy atom. The van der Waals surface area contributed by atoms with Crippen LogP contribution in [0.1, 0.15) is 41.5 Å². The fraction of sp³-hybridized carbons (Fsp3) is 0.857. The highest BCUT2D eigenvalue weighted by atomic mass is 16.9. The summed E-state index contributed by atoms with van der Waals surface area (Å²) >= 11 is 0. The molecule has 0 radical (unpaired) electrons. The van der Waals surface area contributed by atoms with Gasteiger partial charge in [-0.3, -0.25) is 9.59 Å². The summed E-state index contributed by atoms with van der Waals surface area (Å²) in [6, 6.07) is 0. The van der Waals surface area contributed by atoms with E-state index in [9.17, 15) is 14.7 Å². The van der Waals surface area contributed by atoms with Crippen molar-refractivity contribution in [2.45, 2.75) is 69.9 Å². The second-order valence-electron chi connectivity index (χ2n) is 6.73. The fourth-order valence-electron chi connectivity index (χ4n) is 4.81. The van der Waals surface area contributed by atoms with E-state index in [1.807, 2.05) is 0 Å². The largest absolute Gasteiger partial charge is 0.383 e. The molecule has 4 bridgehead atoms. The van der Waals surface area contributed by atoms with E-state index in [2.05, 4.69) is 0 Å². The molecule has 4 fully saturated rings. The van der Waals surface area contributed by atoms with Gasteiger partial charge in [0, 0.05) is 0 Å². The van der Waals surface area contributed by atoms with Crippen LogP contribution in [0.25, 0.3) is 0 Å². The van der Waals surface area contributed by atoms with Crippen LogP contribution in [-0.4, -0.2) is 45.1 Å². The molecule has 0 unspecified atom stereocenters. The van der Waals surface area contributed by atoms with Gasteiger partial charge in [-0.15, -0.1) is 0 Å². The highest BCUT2D eigenvalue weighted by Gasteiger charge is 2.91. The monoisotopic (exact) mass is 284 g/mol. The molecular weight excluding hydrogens is 264 g/mol. The number of Topliss-reactive ketones (excluding diaryl/α,β-unsaturated/α-hetero) is 2. The lowest BCUT2D eigenvalue weighted by Crippen LogP contribution is -2.74. The summed E-state index contributed by atoms with van der Waals surface area (Å²) in [6.45, 7) is 9.07. The Bertz CT molecular complexity index is 542. The van der Waals surface area contributed by atoms with Crippen molar-refractivity contribution in [2.75, 3.05) is 0 Å². The highest BCUT2D eigenvalue weighted by molar-refractivity contribution is 5.91. The standard InChI is InChI=1S/C14H20O6/c1-7(15)9-10(3)12(5,17)14(8(2)16)13(6,18-10)19-11(9,4)20-14/h9,17H,1-6H3/t9-,10-,11-,12-,13+,14+/m0/s1. The van der Waals surface area contributed by atoms with Gasteiger partial charge in [-0.05, 0) is 41.5 Å². The van der Waals surface area contributed by atoms with Crippen LogP contribution in [0.3, 0.4) is 0 Å². The molecule has 0 spiro atoms. The molecule has 20 heavy (non-hydrogen) atoms. The Hall–Kier alpha value is -0.820. The maximum atomic E-state index is 12.3. The third kappa shape index (κ3) is 1.03. The Morgan fingerprint density at radius 1 is 1.00 bits per heavy atom. The zero-order valence-corrected chi connectivity index (χ0v) is 12.6. The van der Waals surface area contributed by atoms with Crippen LogP contribution in [-0.2, 0) is 23.8 Å². The molecule has 0 aromatic heterocycles. The van der Waals surface area contributed by atoms with Gasteiger partial charge in [-0.1, -0.05) is 0 Å². The first-order valence-corrected chi connectivity index (χ1v) is 6.72. The zero-order valence-electron chi connectivity index (χ0n) is 12.6. The Balaban J connectivity index is 2.33. The molecule has 0 saturated carbocycles. The molecule has 112 valence electrons. The summed E-state index contributed by atoms with van der Waals surface area (Å²) in [5, 5.41) is 11.0. The zero-order chi connectivity index (χ0) is 15.4. The lowest BCUT2D eigenvalue weighted by molar-refractivity contribution is -0.379. The van der Waals surface area contributed by atoms with Gasteiger partial charge in [0.05, 0.1) is 0 Å². The van der Waals surface area contributed by atoms with Crippen molar-refractivity contribution in [1.29, 1.82) is 0 Å². The summed E-state index contributed by atoms with van der Waals surface area (Å²) in [6.07, 6.45) is 0. The number of ketones is 2. The van der Waals surface area contributed by atoms with Gasteiger partial charge >= 0.3 is 0 Å². The van der Waals surface area contributed by atoms with Gasteiger partial charge in [0.25, 0.3) is 0 Å². The molecule has 0 aromatic rings. The number of ether oxygens (including phenoxy) is 3. The maximum absolute atomic E-state index is 12.3. The number of hydrogen-bond donors (Lipinski definition) is 1.